The monoisotopic (exact) mass is 555 g/mol. The van der Waals surface area contributed by atoms with E-state index in [1.54, 1.807) is 44.4 Å². The quantitative estimate of drug-likeness (QED) is 0.252. The number of methoxy groups -OCH3 is 3. The SMILES string of the molecule is COc1cccc(C(C(=O)NC2CCCCC2)N(C(=O)Cc2c[nH]c3ccccc23)c2ccc(OC)c(OC)c2)c1. The van der Waals surface area contributed by atoms with Crippen molar-refractivity contribution in [2.24, 2.45) is 0 Å². The zero-order valence-electron chi connectivity index (χ0n) is 23.8. The molecule has 3 aromatic carbocycles. The van der Waals surface area contributed by atoms with Gasteiger partial charge in [0.1, 0.15) is 11.8 Å². The highest BCUT2D eigenvalue weighted by molar-refractivity contribution is 6.03. The Bertz CT molecular complexity index is 1510. The van der Waals surface area contributed by atoms with Crippen LogP contribution >= 0.6 is 0 Å². The third-order valence-electron chi connectivity index (χ3n) is 7.80. The Balaban J connectivity index is 1.61. The van der Waals surface area contributed by atoms with Crippen molar-refractivity contribution in [3.63, 3.8) is 0 Å². The second-order valence-corrected chi connectivity index (χ2v) is 10.4. The highest BCUT2D eigenvalue weighted by atomic mass is 16.5. The zero-order valence-corrected chi connectivity index (χ0v) is 23.8. The van der Waals surface area contributed by atoms with Crippen LogP contribution in [0.1, 0.15) is 49.3 Å². The van der Waals surface area contributed by atoms with Gasteiger partial charge in [-0.25, -0.2) is 0 Å². The molecular formula is C33H37N3O5. The highest BCUT2D eigenvalue weighted by Crippen LogP contribution is 2.37. The first-order chi connectivity index (χ1) is 20.0. The number of benzene rings is 3. The van der Waals surface area contributed by atoms with Crippen molar-refractivity contribution in [3.8, 4) is 17.2 Å². The number of aromatic nitrogens is 1. The minimum atomic E-state index is -0.942. The molecule has 2 N–H and O–H groups in total. The Hall–Kier alpha value is -4.46. The lowest BCUT2D eigenvalue weighted by Gasteiger charge is -2.34. The Labute approximate surface area is 240 Å². The van der Waals surface area contributed by atoms with Gasteiger partial charge in [-0.05, 0) is 54.3 Å². The van der Waals surface area contributed by atoms with Crippen LogP contribution in [0.3, 0.4) is 0 Å². The van der Waals surface area contributed by atoms with Gasteiger partial charge in [-0.15, -0.1) is 0 Å². The van der Waals surface area contributed by atoms with E-state index in [-0.39, 0.29) is 24.3 Å². The lowest BCUT2D eigenvalue weighted by molar-refractivity contribution is -0.127. The molecule has 2 amide bonds. The molecule has 5 rings (SSSR count). The van der Waals surface area contributed by atoms with E-state index in [4.69, 9.17) is 14.2 Å². The lowest BCUT2D eigenvalue weighted by atomic mass is 9.94. The molecule has 1 unspecified atom stereocenters. The summed E-state index contributed by atoms with van der Waals surface area (Å²) >= 11 is 0. The maximum atomic E-state index is 14.4. The molecule has 1 aromatic heterocycles. The standard InChI is InChI=1S/C33H37N3O5/c1-39-26-13-9-10-22(18-26)32(33(38)35-24-11-5-4-6-12-24)36(25-16-17-29(40-2)30(20-25)41-3)31(37)19-23-21-34-28-15-8-7-14-27(23)28/h7-10,13-18,20-21,24,32,34H,4-6,11-12,19H2,1-3H3,(H,35,38). The first kappa shape index (κ1) is 28.1. The molecular weight excluding hydrogens is 518 g/mol. The van der Waals surface area contributed by atoms with Gasteiger partial charge in [0.2, 0.25) is 11.8 Å². The van der Waals surface area contributed by atoms with E-state index in [1.807, 2.05) is 54.7 Å². The number of aromatic amines is 1. The Kier molecular flexibility index (Phi) is 8.77. The number of carbonyl (C=O) groups is 2. The van der Waals surface area contributed by atoms with Gasteiger partial charge < -0.3 is 24.5 Å². The lowest BCUT2D eigenvalue weighted by Crippen LogP contribution is -2.47. The molecule has 214 valence electrons. The molecule has 8 nitrogen and oxygen atoms in total. The fourth-order valence-corrected chi connectivity index (χ4v) is 5.69. The second-order valence-electron chi connectivity index (χ2n) is 10.4. The number of carbonyl (C=O) groups excluding carboxylic acids is 2. The first-order valence-electron chi connectivity index (χ1n) is 14.1. The topological polar surface area (TPSA) is 92.9 Å². The van der Waals surface area contributed by atoms with Gasteiger partial charge in [-0.3, -0.25) is 14.5 Å². The van der Waals surface area contributed by atoms with Crippen LogP contribution in [0.4, 0.5) is 5.69 Å². The molecule has 1 fully saturated rings. The van der Waals surface area contributed by atoms with Crippen molar-refractivity contribution in [1.82, 2.24) is 10.3 Å². The molecule has 0 aliphatic heterocycles. The number of anilines is 1. The van der Waals surface area contributed by atoms with Gasteiger partial charge in [-0.1, -0.05) is 49.6 Å². The number of hydrogen-bond acceptors (Lipinski definition) is 5. The summed E-state index contributed by atoms with van der Waals surface area (Å²) in [5.74, 6) is 1.15. The summed E-state index contributed by atoms with van der Waals surface area (Å²) in [5.41, 5.74) is 2.99. The van der Waals surface area contributed by atoms with Crippen molar-refractivity contribution < 1.29 is 23.8 Å². The number of para-hydroxylation sites is 1. The van der Waals surface area contributed by atoms with Crippen LogP contribution in [0, 0.1) is 0 Å². The van der Waals surface area contributed by atoms with Gasteiger partial charge in [0.15, 0.2) is 11.5 Å². The zero-order chi connectivity index (χ0) is 28.8. The number of fused-ring (bicyclic) bond motifs is 1. The molecule has 1 saturated carbocycles. The van der Waals surface area contributed by atoms with Crippen molar-refractivity contribution in [1.29, 1.82) is 0 Å². The van der Waals surface area contributed by atoms with E-state index in [0.717, 1.165) is 42.1 Å². The maximum Gasteiger partial charge on any atom is 0.248 e. The summed E-state index contributed by atoms with van der Waals surface area (Å²) in [4.78, 5) is 33.5. The van der Waals surface area contributed by atoms with Crippen LogP contribution in [0.15, 0.2) is 72.9 Å². The molecule has 41 heavy (non-hydrogen) atoms. The number of amides is 2. The van der Waals surface area contributed by atoms with Crippen LogP contribution in [-0.2, 0) is 16.0 Å². The first-order valence-corrected chi connectivity index (χ1v) is 14.1. The molecule has 1 atom stereocenters. The summed E-state index contributed by atoms with van der Waals surface area (Å²) in [6.07, 6.45) is 7.13. The van der Waals surface area contributed by atoms with Crippen molar-refractivity contribution >= 4 is 28.4 Å². The van der Waals surface area contributed by atoms with Gasteiger partial charge in [-0.2, -0.15) is 0 Å². The average molecular weight is 556 g/mol. The van der Waals surface area contributed by atoms with Gasteiger partial charge >= 0.3 is 0 Å². The van der Waals surface area contributed by atoms with Crippen LogP contribution < -0.4 is 24.4 Å². The van der Waals surface area contributed by atoms with E-state index in [0.29, 0.717) is 28.5 Å². The molecule has 1 aliphatic carbocycles. The van der Waals surface area contributed by atoms with Crippen molar-refractivity contribution in [3.05, 3.63) is 84.1 Å². The maximum absolute atomic E-state index is 14.4. The van der Waals surface area contributed by atoms with E-state index in [1.165, 1.54) is 6.42 Å². The smallest absolute Gasteiger partial charge is 0.248 e. The molecule has 1 aliphatic rings. The average Bonchev–Trinajstić information content (AvgIpc) is 3.42. The summed E-state index contributed by atoms with van der Waals surface area (Å²) in [6.45, 7) is 0. The molecule has 4 aromatic rings. The van der Waals surface area contributed by atoms with Gasteiger partial charge in [0.05, 0.1) is 27.8 Å². The molecule has 8 heteroatoms. The number of H-pyrrole nitrogens is 1. The van der Waals surface area contributed by atoms with Crippen molar-refractivity contribution in [2.45, 2.75) is 50.6 Å². The Morgan fingerprint density at radius 3 is 2.44 bits per heavy atom. The van der Waals surface area contributed by atoms with E-state index < -0.39 is 6.04 Å². The molecule has 1 heterocycles. The third-order valence-corrected chi connectivity index (χ3v) is 7.80. The summed E-state index contributed by atoms with van der Waals surface area (Å²) in [7, 11) is 4.70. The molecule has 0 saturated heterocycles. The number of hydrogen-bond donors (Lipinski definition) is 2. The Morgan fingerprint density at radius 1 is 0.902 bits per heavy atom. The molecule has 0 bridgehead atoms. The summed E-state index contributed by atoms with van der Waals surface area (Å²) in [6, 6.07) is 19.6. The van der Waals surface area contributed by atoms with Crippen LogP contribution in [0.25, 0.3) is 10.9 Å². The summed E-state index contributed by atoms with van der Waals surface area (Å²) < 4.78 is 16.6. The molecule has 0 radical (unpaired) electrons. The predicted molar refractivity (Wildman–Crippen MR) is 160 cm³/mol. The number of ether oxygens (including phenoxy) is 3. The third kappa shape index (κ3) is 6.16. The van der Waals surface area contributed by atoms with E-state index in [2.05, 4.69) is 10.3 Å². The van der Waals surface area contributed by atoms with Crippen molar-refractivity contribution in [2.75, 3.05) is 26.2 Å². The fourth-order valence-electron chi connectivity index (χ4n) is 5.69. The Morgan fingerprint density at radius 2 is 1.68 bits per heavy atom. The molecule has 0 spiro atoms. The normalized spacial score (nSPS) is 14.3. The number of nitrogens with one attached hydrogen (secondary N) is 2. The summed E-state index contributed by atoms with van der Waals surface area (Å²) in [5, 5.41) is 4.23. The highest BCUT2D eigenvalue weighted by Gasteiger charge is 2.35. The van der Waals surface area contributed by atoms with Crippen LogP contribution in [0.5, 0.6) is 17.2 Å². The largest absolute Gasteiger partial charge is 0.497 e. The number of rotatable bonds is 10. The second kappa shape index (κ2) is 12.8. The fraction of sp³-hybridized carbons (Fsp3) is 0.333. The van der Waals surface area contributed by atoms with E-state index in [9.17, 15) is 9.59 Å². The predicted octanol–water partition coefficient (Wildman–Crippen LogP) is 5.96. The number of nitrogens with zero attached hydrogens (tertiary/aromatic N) is 1. The van der Waals surface area contributed by atoms with Crippen LogP contribution in [-0.4, -0.2) is 44.2 Å². The minimum absolute atomic E-state index is 0.0698. The van der Waals surface area contributed by atoms with Crippen LogP contribution in [0.2, 0.25) is 0 Å². The van der Waals surface area contributed by atoms with Gasteiger partial charge in [0.25, 0.3) is 0 Å². The minimum Gasteiger partial charge on any atom is -0.497 e. The van der Waals surface area contributed by atoms with Gasteiger partial charge in [0, 0.05) is 34.9 Å². The van der Waals surface area contributed by atoms with E-state index >= 15 is 0 Å².